The Morgan fingerprint density at radius 2 is 1.43 bits per heavy atom. The van der Waals surface area contributed by atoms with E-state index in [1.165, 1.54) is 25.7 Å². The summed E-state index contributed by atoms with van der Waals surface area (Å²) in [7, 11) is 0. The largest absolute Gasteiger partial charge is 0.236 e. The Hall–Kier alpha value is -2.78. The van der Waals surface area contributed by atoms with E-state index >= 15 is 0 Å². The molecule has 3 heteroatoms. The van der Waals surface area contributed by atoms with E-state index < -0.39 is 0 Å². The summed E-state index contributed by atoms with van der Waals surface area (Å²) in [5.41, 5.74) is 3.17. The van der Waals surface area contributed by atoms with Crippen molar-refractivity contribution in [3.63, 3.8) is 0 Å². The van der Waals surface area contributed by atoms with Gasteiger partial charge in [-0.2, -0.15) is 0 Å². The molecule has 2 aromatic heterocycles. The fraction of sp³-hybridized carbons (Fsp3) is 0. The number of benzene rings is 3. The number of hydrogen-bond donors (Lipinski definition) is 0. The summed E-state index contributed by atoms with van der Waals surface area (Å²) in [4.78, 5) is 8.98. The molecule has 0 radical (unpaired) electrons. The van der Waals surface area contributed by atoms with Crippen LogP contribution in [0, 0.1) is 0 Å². The quantitative estimate of drug-likeness (QED) is 0.399. The van der Waals surface area contributed by atoms with Crippen LogP contribution in [0.15, 0.2) is 73.1 Å². The lowest BCUT2D eigenvalue weighted by atomic mass is 10.0. The second-order valence-electron chi connectivity index (χ2n) is 5.52. The lowest BCUT2D eigenvalue weighted by Gasteiger charge is -2.06. The molecule has 0 aliphatic heterocycles. The first-order valence-electron chi connectivity index (χ1n) is 7.52. The van der Waals surface area contributed by atoms with Crippen LogP contribution in [0.1, 0.15) is 0 Å². The standard InChI is InChI=1S/C20H12N2S/c1-3-10-17-15(7-1)19(22-12-21-17)16-9-5-8-14-13-6-2-4-11-18(13)23-20(14)16/h1-12H. The van der Waals surface area contributed by atoms with E-state index in [1.54, 1.807) is 6.33 Å². The van der Waals surface area contributed by atoms with Gasteiger partial charge in [0.1, 0.15) is 6.33 Å². The Morgan fingerprint density at radius 3 is 2.39 bits per heavy atom. The van der Waals surface area contributed by atoms with Crippen LogP contribution < -0.4 is 0 Å². The first-order chi connectivity index (χ1) is 11.4. The predicted octanol–water partition coefficient (Wildman–Crippen LogP) is 5.66. The Bertz CT molecular complexity index is 1170. The molecule has 0 aliphatic rings. The number of nitrogens with zero attached hydrogens (tertiary/aromatic N) is 2. The monoisotopic (exact) mass is 312 g/mol. The molecule has 0 unspecified atom stereocenters. The van der Waals surface area contributed by atoms with Crippen molar-refractivity contribution in [1.82, 2.24) is 9.97 Å². The second-order valence-corrected chi connectivity index (χ2v) is 6.57. The van der Waals surface area contributed by atoms with Gasteiger partial charge >= 0.3 is 0 Å². The maximum absolute atomic E-state index is 4.59. The molecule has 0 saturated heterocycles. The van der Waals surface area contributed by atoms with Gasteiger partial charge in [-0.05, 0) is 12.1 Å². The number of hydrogen-bond acceptors (Lipinski definition) is 3. The summed E-state index contributed by atoms with van der Waals surface area (Å²) in [6.45, 7) is 0. The minimum absolute atomic E-state index is 0.982. The number of para-hydroxylation sites is 1. The fourth-order valence-electron chi connectivity index (χ4n) is 3.15. The van der Waals surface area contributed by atoms with Crippen LogP contribution >= 0.6 is 11.3 Å². The van der Waals surface area contributed by atoms with Gasteiger partial charge in [0.25, 0.3) is 0 Å². The van der Waals surface area contributed by atoms with Crippen molar-refractivity contribution in [2.24, 2.45) is 0 Å². The molecule has 5 rings (SSSR count). The molecule has 0 atom stereocenters. The lowest BCUT2D eigenvalue weighted by Crippen LogP contribution is -1.88. The molecule has 5 aromatic rings. The molecule has 0 amide bonds. The smallest absolute Gasteiger partial charge is 0.116 e. The number of fused-ring (bicyclic) bond motifs is 4. The van der Waals surface area contributed by atoms with Gasteiger partial charge in [-0.3, -0.25) is 0 Å². The molecule has 108 valence electrons. The van der Waals surface area contributed by atoms with Crippen LogP contribution in [0.4, 0.5) is 0 Å². The summed E-state index contributed by atoms with van der Waals surface area (Å²) >= 11 is 1.83. The summed E-state index contributed by atoms with van der Waals surface area (Å²) in [5, 5.41) is 3.71. The van der Waals surface area contributed by atoms with Gasteiger partial charge in [0.2, 0.25) is 0 Å². The van der Waals surface area contributed by atoms with E-state index in [1.807, 2.05) is 29.5 Å². The third kappa shape index (κ3) is 1.87. The summed E-state index contributed by atoms with van der Waals surface area (Å²) in [6.07, 6.45) is 1.66. The fourth-order valence-corrected chi connectivity index (χ4v) is 4.37. The van der Waals surface area contributed by atoms with Gasteiger partial charge < -0.3 is 0 Å². The van der Waals surface area contributed by atoms with Crippen LogP contribution in [-0.2, 0) is 0 Å². The van der Waals surface area contributed by atoms with Crippen molar-refractivity contribution >= 4 is 42.4 Å². The van der Waals surface area contributed by atoms with Gasteiger partial charge in [0.05, 0.1) is 11.2 Å². The molecule has 0 bridgehead atoms. The first-order valence-corrected chi connectivity index (χ1v) is 8.34. The van der Waals surface area contributed by atoms with E-state index in [0.717, 1.165) is 16.6 Å². The Balaban J connectivity index is 1.93. The van der Waals surface area contributed by atoms with Gasteiger partial charge in [-0.1, -0.05) is 54.6 Å². The minimum Gasteiger partial charge on any atom is -0.236 e. The topological polar surface area (TPSA) is 25.8 Å². The molecular weight excluding hydrogens is 300 g/mol. The minimum atomic E-state index is 0.982. The van der Waals surface area contributed by atoms with Crippen LogP contribution in [0.5, 0.6) is 0 Å². The van der Waals surface area contributed by atoms with Crippen LogP contribution in [0.2, 0.25) is 0 Å². The van der Waals surface area contributed by atoms with Crippen LogP contribution in [-0.4, -0.2) is 9.97 Å². The molecule has 2 nitrogen and oxygen atoms in total. The molecule has 0 spiro atoms. The third-order valence-corrected chi connectivity index (χ3v) is 5.42. The summed E-state index contributed by atoms with van der Waals surface area (Å²) < 4.78 is 2.60. The van der Waals surface area contributed by atoms with E-state index in [-0.39, 0.29) is 0 Å². The number of aromatic nitrogens is 2. The van der Waals surface area contributed by atoms with E-state index in [0.29, 0.717) is 0 Å². The van der Waals surface area contributed by atoms with E-state index in [2.05, 4.69) is 58.5 Å². The maximum atomic E-state index is 4.59. The summed E-state index contributed by atoms with van der Waals surface area (Å²) in [5.74, 6) is 0. The number of rotatable bonds is 1. The Labute approximate surface area is 137 Å². The van der Waals surface area contributed by atoms with Crippen molar-refractivity contribution in [3.05, 3.63) is 73.1 Å². The highest BCUT2D eigenvalue weighted by Crippen LogP contribution is 2.40. The molecule has 0 saturated carbocycles. The molecule has 0 aliphatic carbocycles. The predicted molar refractivity (Wildman–Crippen MR) is 97.9 cm³/mol. The van der Waals surface area contributed by atoms with E-state index in [4.69, 9.17) is 0 Å². The average molecular weight is 312 g/mol. The van der Waals surface area contributed by atoms with E-state index in [9.17, 15) is 0 Å². The highest BCUT2D eigenvalue weighted by Gasteiger charge is 2.13. The van der Waals surface area contributed by atoms with Crippen LogP contribution in [0.3, 0.4) is 0 Å². The normalized spacial score (nSPS) is 11.5. The molecule has 0 N–H and O–H groups in total. The highest BCUT2D eigenvalue weighted by atomic mass is 32.1. The molecular formula is C20H12N2S. The van der Waals surface area contributed by atoms with Gasteiger partial charge in [0.15, 0.2) is 0 Å². The second kappa shape index (κ2) is 4.86. The van der Waals surface area contributed by atoms with Crippen molar-refractivity contribution in [3.8, 4) is 11.3 Å². The zero-order valence-electron chi connectivity index (χ0n) is 12.2. The first kappa shape index (κ1) is 12.7. The summed E-state index contributed by atoms with van der Waals surface area (Å²) in [6, 6.07) is 23.2. The molecule has 0 fully saturated rings. The van der Waals surface area contributed by atoms with Gasteiger partial charge in [0, 0.05) is 31.1 Å². The average Bonchev–Trinajstić information content (AvgIpc) is 3.00. The van der Waals surface area contributed by atoms with Gasteiger partial charge in [-0.15, -0.1) is 11.3 Å². The number of thiophene rings is 1. The molecule has 2 heterocycles. The van der Waals surface area contributed by atoms with Crippen molar-refractivity contribution in [1.29, 1.82) is 0 Å². The van der Waals surface area contributed by atoms with Gasteiger partial charge in [-0.25, -0.2) is 9.97 Å². The zero-order valence-corrected chi connectivity index (χ0v) is 13.0. The van der Waals surface area contributed by atoms with Crippen molar-refractivity contribution < 1.29 is 0 Å². The molecule has 23 heavy (non-hydrogen) atoms. The van der Waals surface area contributed by atoms with Crippen molar-refractivity contribution in [2.75, 3.05) is 0 Å². The zero-order chi connectivity index (χ0) is 15.2. The lowest BCUT2D eigenvalue weighted by molar-refractivity contribution is 1.23. The highest BCUT2D eigenvalue weighted by molar-refractivity contribution is 7.26. The molecule has 3 aromatic carbocycles. The van der Waals surface area contributed by atoms with Crippen LogP contribution in [0.25, 0.3) is 42.3 Å². The Morgan fingerprint density at radius 1 is 0.652 bits per heavy atom. The van der Waals surface area contributed by atoms with Crippen molar-refractivity contribution in [2.45, 2.75) is 0 Å². The SMILES string of the molecule is c1ccc2c(-c3cccc4c3sc3ccccc34)ncnc2c1. The maximum Gasteiger partial charge on any atom is 0.116 e. The third-order valence-electron chi connectivity index (χ3n) is 4.20. The Kier molecular flexibility index (Phi) is 2.69.